The molecule has 1 amide bonds. The number of aromatic nitrogens is 1. The van der Waals surface area contributed by atoms with Gasteiger partial charge in [-0.25, -0.2) is 5.43 Å². The summed E-state index contributed by atoms with van der Waals surface area (Å²) in [5.74, 6) is -0.851. The highest BCUT2D eigenvalue weighted by molar-refractivity contribution is 5.98. The summed E-state index contributed by atoms with van der Waals surface area (Å²) < 4.78 is 1.81. The first-order valence-corrected chi connectivity index (χ1v) is 7.59. The van der Waals surface area contributed by atoms with E-state index in [1.807, 2.05) is 41.2 Å². The number of nitrogens with one attached hydrogen (secondary N) is 1. The fourth-order valence-corrected chi connectivity index (χ4v) is 2.38. The molecule has 0 spiro atoms. The van der Waals surface area contributed by atoms with Crippen molar-refractivity contribution in [2.45, 2.75) is 0 Å². The third-order valence-electron chi connectivity index (χ3n) is 3.61. The van der Waals surface area contributed by atoms with Crippen LogP contribution in [0, 0.1) is 10.1 Å². The van der Waals surface area contributed by atoms with E-state index in [1.54, 1.807) is 12.1 Å². The van der Waals surface area contributed by atoms with Gasteiger partial charge in [-0.15, -0.1) is 0 Å². The zero-order chi connectivity index (χ0) is 18.5. The third-order valence-corrected chi connectivity index (χ3v) is 3.61. The highest BCUT2D eigenvalue weighted by atomic mass is 16.6. The van der Waals surface area contributed by atoms with Crippen molar-refractivity contribution < 1.29 is 14.8 Å². The quantitative estimate of drug-likeness (QED) is 0.419. The highest BCUT2D eigenvalue weighted by Gasteiger charge is 2.13. The number of carbonyl (C=O) groups excluding carboxylic acids is 1. The SMILES string of the molecule is O=C(N/N=C/c1ccc(O)c([N+](=O)[O-])c1)c1ccccc1-n1cccc1. The lowest BCUT2D eigenvalue weighted by atomic mass is 10.1. The monoisotopic (exact) mass is 350 g/mol. The van der Waals surface area contributed by atoms with Gasteiger partial charge >= 0.3 is 5.69 Å². The minimum absolute atomic E-state index is 0.369. The summed E-state index contributed by atoms with van der Waals surface area (Å²) in [6.07, 6.45) is 4.92. The molecule has 8 nitrogen and oxygen atoms in total. The zero-order valence-electron chi connectivity index (χ0n) is 13.4. The molecule has 0 fully saturated rings. The van der Waals surface area contributed by atoms with Gasteiger partial charge in [0.15, 0.2) is 5.75 Å². The van der Waals surface area contributed by atoms with Crippen LogP contribution in [0.5, 0.6) is 5.75 Å². The number of phenols is 1. The second-order valence-corrected chi connectivity index (χ2v) is 5.31. The van der Waals surface area contributed by atoms with E-state index in [1.165, 1.54) is 24.4 Å². The standard InChI is InChI=1S/C18H14N4O4/c23-17-8-7-13(11-16(17)22(25)26)12-19-20-18(24)14-5-1-2-6-15(14)21-9-3-4-10-21/h1-12,23H,(H,20,24)/b19-12+. The number of nitrogens with zero attached hydrogens (tertiary/aromatic N) is 3. The number of hydrogen-bond donors (Lipinski definition) is 2. The summed E-state index contributed by atoms with van der Waals surface area (Å²) in [6, 6.07) is 14.6. The van der Waals surface area contributed by atoms with E-state index in [9.17, 15) is 20.0 Å². The molecule has 0 aliphatic heterocycles. The van der Waals surface area contributed by atoms with Crippen LogP contribution in [0.25, 0.3) is 5.69 Å². The molecule has 8 heteroatoms. The topological polar surface area (TPSA) is 110 Å². The molecule has 1 aromatic heterocycles. The van der Waals surface area contributed by atoms with Gasteiger partial charge in [-0.05, 0) is 36.4 Å². The Balaban J connectivity index is 1.77. The van der Waals surface area contributed by atoms with E-state index < -0.39 is 22.3 Å². The molecule has 0 aliphatic rings. The van der Waals surface area contributed by atoms with Crippen LogP contribution in [-0.4, -0.2) is 26.7 Å². The summed E-state index contributed by atoms with van der Waals surface area (Å²) in [6.45, 7) is 0. The fourth-order valence-electron chi connectivity index (χ4n) is 2.38. The van der Waals surface area contributed by atoms with Crippen LogP contribution in [-0.2, 0) is 0 Å². The van der Waals surface area contributed by atoms with Gasteiger partial charge in [-0.3, -0.25) is 14.9 Å². The summed E-state index contributed by atoms with van der Waals surface area (Å²) in [5, 5.41) is 24.1. The minimum atomic E-state index is -0.696. The molecule has 0 aliphatic carbocycles. The number of para-hydroxylation sites is 1. The van der Waals surface area contributed by atoms with Gasteiger partial charge in [0, 0.05) is 24.0 Å². The van der Waals surface area contributed by atoms with Crippen LogP contribution in [0.1, 0.15) is 15.9 Å². The van der Waals surface area contributed by atoms with Crippen molar-refractivity contribution in [3.8, 4) is 11.4 Å². The lowest BCUT2D eigenvalue weighted by Gasteiger charge is -2.08. The normalized spacial score (nSPS) is 10.8. The Labute approximate surface area is 148 Å². The summed E-state index contributed by atoms with van der Waals surface area (Å²) in [5.41, 5.74) is 3.46. The molecular weight excluding hydrogens is 336 g/mol. The molecule has 0 saturated carbocycles. The molecule has 2 aromatic carbocycles. The Bertz CT molecular complexity index is 981. The lowest BCUT2D eigenvalue weighted by Crippen LogP contribution is -2.19. The van der Waals surface area contributed by atoms with Gasteiger partial charge in [0.2, 0.25) is 0 Å². The summed E-state index contributed by atoms with van der Waals surface area (Å²) >= 11 is 0. The van der Waals surface area contributed by atoms with E-state index in [0.29, 0.717) is 16.8 Å². The predicted octanol–water partition coefficient (Wildman–Crippen LogP) is 2.86. The lowest BCUT2D eigenvalue weighted by molar-refractivity contribution is -0.385. The van der Waals surface area contributed by atoms with E-state index in [0.717, 1.165) is 0 Å². The van der Waals surface area contributed by atoms with E-state index in [2.05, 4.69) is 10.5 Å². The number of phenolic OH excluding ortho intramolecular Hbond substituents is 1. The molecule has 0 atom stereocenters. The van der Waals surface area contributed by atoms with Crippen LogP contribution in [0.4, 0.5) is 5.69 Å². The van der Waals surface area contributed by atoms with Crippen molar-refractivity contribution in [2.24, 2.45) is 5.10 Å². The number of nitro groups is 1. The first kappa shape index (κ1) is 16.9. The molecule has 0 bridgehead atoms. The average molecular weight is 350 g/mol. The second-order valence-electron chi connectivity index (χ2n) is 5.31. The van der Waals surface area contributed by atoms with Crippen LogP contribution >= 0.6 is 0 Å². The smallest absolute Gasteiger partial charge is 0.311 e. The van der Waals surface area contributed by atoms with Gasteiger partial charge in [0.1, 0.15) is 0 Å². The maximum Gasteiger partial charge on any atom is 0.311 e. The predicted molar refractivity (Wildman–Crippen MR) is 95.6 cm³/mol. The molecule has 26 heavy (non-hydrogen) atoms. The van der Waals surface area contributed by atoms with Crippen molar-refractivity contribution >= 4 is 17.8 Å². The van der Waals surface area contributed by atoms with Crippen molar-refractivity contribution in [3.63, 3.8) is 0 Å². The Kier molecular flexibility index (Phi) is 4.75. The molecule has 0 radical (unpaired) electrons. The molecule has 2 N–H and O–H groups in total. The second kappa shape index (κ2) is 7.31. The number of hydrogen-bond acceptors (Lipinski definition) is 5. The van der Waals surface area contributed by atoms with Gasteiger partial charge < -0.3 is 9.67 Å². The van der Waals surface area contributed by atoms with Crippen LogP contribution in [0.15, 0.2) is 72.1 Å². The van der Waals surface area contributed by atoms with Crippen LogP contribution in [0.2, 0.25) is 0 Å². The van der Waals surface area contributed by atoms with Crippen molar-refractivity contribution in [2.75, 3.05) is 0 Å². The van der Waals surface area contributed by atoms with Gasteiger partial charge in [-0.1, -0.05) is 12.1 Å². The maximum absolute atomic E-state index is 12.4. The number of benzene rings is 2. The number of nitro benzene ring substituents is 1. The summed E-state index contributed by atoms with van der Waals surface area (Å²) in [4.78, 5) is 22.5. The van der Waals surface area contributed by atoms with E-state index >= 15 is 0 Å². The first-order valence-electron chi connectivity index (χ1n) is 7.59. The van der Waals surface area contributed by atoms with E-state index in [-0.39, 0.29) is 0 Å². The van der Waals surface area contributed by atoms with Crippen molar-refractivity contribution in [3.05, 3.63) is 88.2 Å². The van der Waals surface area contributed by atoms with Crippen LogP contribution in [0.3, 0.4) is 0 Å². The molecule has 3 rings (SSSR count). The number of amides is 1. The molecule has 0 saturated heterocycles. The first-order chi connectivity index (χ1) is 12.6. The highest BCUT2D eigenvalue weighted by Crippen LogP contribution is 2.25. The molecule has 0 unspecified atom stereocenters. The maximum atomic E-state index is 12.4. The number of aromatic hydroxyl groups is 1. The Hall–Kier alpha value is -3.94. The number of hydrazone groups is 1. The largest absolute Gasteiger partial charge is 0.502 e. The average Bonchev–Trinajstić information content (AvgIpc) is 3.17. The van der Waals surface area contributed by atoms with Crippen LogP contribution < -0.4 is 5.43 Å². The number of carbonyl (C=O) groups is 1. The molecule has 3 aromatic rings. The van der Waals surface area contributed by atoms with Gasteiger partial charge in [0.05, 0.1) is 22.4 Å². The zero-order valence-corrected chi connectivity index (χ0v) is 13.4. The van der Waals surface area contributed by atoms with Crippen molar-refractivity contribution in [1.82, 2.24) is 9.99 Å². The third kappa shape index (κ3) is 3.59. The minimum Gasteiger partial charge on any atom is -0.502 e. The molecule has 1 heterocycles. The number of rotatable bonds is 5. The van der Waals surface area contributed by atoms with Crippen molar-refractivity contribution in [1.29, 1.82) is 0 Å². The fraction of sp³-hybridized carbons (Fsp3) is 0. The Morgan fingerprint density at radius 1 is 1.15 bits per heavy atom. The van der Waals surface area contributed by atoms with Gasteiger partial charge in [-0.2, -0.15) is 5.10 Å². The Morgan fingerprint density at radius 3 is 2.62 bits per heavy atom. The van der Waals surface area contributed by atoms with Gasteiger partial charge in [0.25, 0.3) is 5.91 Å². The van der Waals surface area contributed by atoms with E-state index in [4.69, 9.17) is 0 Å². The molecule has 130 valence electrons. The summed E-state index contributed by atoms with van der Waals surface area (Å²) in [7, 11) is 0. The Morgan fingerprint density at radius 2 is 1.88 bits per heavy atom. The molecular formula is C18H14N4O4.